The van der Waals surface area contributed by atoms with Gasteiger partial charge >= 0.3 is 0 Å². The Morgan fingerprint density at radius 2 is 2.06 bits per heavy atom. The maximum absolute atomic E-state index is 13.6. The first-order chi connectivity index (χ1) is 8.63. The van der Waals surface area contributed by atoms with Crippen molar-refractivity contribution in [3.8, 4) is 0 Å². The predicted octanol–water partition coefficient (Wildman–Crippen LogP) is 1.45. The van der Waals surface area contributed by atoms with E-state index in [0.717, 1.165) is 5.69 Å². The number of aromatic nitrogens is 2. The average molecular weight is 252 g/mol. The van der Waals surface area contributed by atoms with E-state index in [1.807, 2.05) is 0 Å². The first-order valence-corrected chi connectivity index (χ1v) is 5.48. The number of halogens is 2. The molecule has 1 aromatic heterocycles. The first kappa shape index (κ1) is 12.7. The molecule has 3 N–H and O–H groups in total. The van der Waals surface area contributed by atoms with Crippen LogP contribution in [0.4, 0.5) is 8.78 Å². The molecule has 0 aliphatic carbocycles. The highest BCUT2D eigenvalue weighted by Crippen LogP contribution is 2.21. The molecule has 1 aromatic carbocycles. The minimum Gasteiger partial charge on any atom is -0.336 e. The molecular formula is C12H14F2N4. The van der Waals surface area contributed by atoms with Gasteiger partial charge in [-0.3, -0.25) is 11.3 Å². The zero-order valence-electron chi connectivity index (χ0n) is 9.90. The number of hydrogen-bond acceptors (Lipinski definition) is 3. The predicted molar refractivity (Wildman–Crippen MR) is 63.3 cm³/mol. The van der Waals surface area contributed by atoms with Crippen LogP contribution in [0.15, 0.2) is 30.7 Å². The molecule has 0 aliphatic heterocycles. The fourth-order valence-corrected chi connectivity index (χ4v) is 1.88. The second-order valence-corrected chi connectivity index (χ2v) is 4.05. The molecule has 0 radical (unpaired) electrons. The summed E-state index contributed by atoms with van der Waals surface area (Å²) in [6.45, 7) is 0. The molecule has 1 unspecified atom stereocenters. The van der Waals surface area contributed by atoms with Gasteiger partial charge in [-0.1, -0.05) is 6.07 Å². The molecule has 0 fully saturated rings. The normalized spacial score (nSPS) is 12.7. The van der Waals surface area contributed by atoms with Gasteiger partial charge in [-0.05, 0) is 12.1 Å². The molecule has 96 valence electrons. The van der Waals surface area contributed by atoms with Crippen LogP contribution in [0.2, 0.25) is 0 Å². The molecule has 2 rings (SSSR count). The Hall–Kier alpha value is -1.79. The van der Waals surface area contributed by atoms with Crippen molar-refractivity contribution in [3.63, 3.8) is 0 Å². The van der Waals surface area contributed by atoms with Crippen LogP contribution in [-0.2, 0) is 13.5 Å². The summed E-state index contributed by atoms with van der Waals surface area (Å²) < 4.78 is 28.9. The van der Waals surface area contributed by atoms with Crippen LogP contribution >= 0.6 is 0 Å². The molecule has 1 atom stereocenters. The van der Waals surface area contributed by atoms with Crippen LogP contribution in [0.5, 0.6) is 0 Å². The van der Waals surface area contributed by atoms with E-state index < -0.39 is 17.7 Å². The van der Waals surface area contributed by atoms with Gasteiger partial charge in [0, 0.05) is 25.2 Å². The lowest BCUT2D eigenvalue weighted by Gasteiger charge is -2.17. The van der Waals surface area contributed by atoms with Crippen molar-refractivity contribution in [2.45, 2.75) is 12.5 Å². The lowest BCUT2D eigenvalue weighted by molar-refractivity contribution is 0.484. The maximum Gasteiger partial charge on any atom is 0.129 e. The van der Waals surface area contributed by atoms with Gasteiger partial charge < -0.3 is 4.57 Å². The summed E-state index contributed by atoms with van der Waals surface area (Å²) in [5, 5.41) is 0. The Morgan fingerprint density at radius 3 is 2.56 bits per heavy atom. The van der Waals surface area contributed by atoms with Gasteiger partial charge in [0.05, 0.1) is 18.1 Å². The van der Waals surface area contributed by atoms with E-state index in [-0.39, 0.29) is 12.0 Å². The first-order valence-electron chi connectivity index (χ1n) is 5.48. The Balaban J connectivity index is 2.29. The van der Waals surface area contributed by atoms with E-state index in [1.165, 1.54) is 18.2 Å². The standard InChI is InChI=1S/C12H14F2N4/c1-18-7-16-6-12(18)11(17-15)5-8-9(13)3-2-4-10(8)14/h2-4,6-7,11,17H,5,15H2,1H3. The van der Waals surface area contributed by atoms with Crippen molar-refractivity contribution in [1.29, 1.82) is 0 Å². The van der Waals surface area contributed by atoms with Crippen LogP contribution in [0.3, 0.4) is 0 Å². The summed E-state index contributed by atoms with van der Waals surface area (Å²) in [5.74, 6) is 4.30. The van der Waals surface area contributed by atoms with Crippen LogP contribution < -0.4 is 11.3 Å². The number of imidazole rings is 1. The molecular weight excluding hydrogens is 238 g/mol. The van der Waals surface area contributed by atoms with E-state index in [9.17, 15) is 8.78 Å². The zero-order chi connectivity index (χ0) is 13.1. The quantitative estimate of drug-likeness (QED) is 0.639. The van der Waals surface area contributed by atoms with Crippen LogP contribution in [0, 0.1) is 11.6 Å². The smallest absolute Gasteiger partial charge is 0.129 e. The summed E-state index contributed by atoms with van der Waals surface area (Å²) in [5.41, 5.74) is 3.33. The number of rotatable bonds is 4. The molecule has 1 heterocycles. The highest BCUT2D eigenvalue weighted by atomic mass is 19.1. The fourth-order valence-electron chi connectivity index (χ4n) is 1.88. The van der Waals surface area contributed by atoms with Crippen molar-refractivity contribution in [2.75, 3.05) is 0 Å². The third-order valence-corrected chi connectivity index (χ3v) is 2.88. The minimum atomic E-state index is -0.572. The number of nitrogens with two attached hydrogens (primary N) is 1. The Labute approximate surface area is 103 Å². The van der Waals surface area contributed by atoms with E-state index in [4.69, 9.17) is 5.84 Å². The third-order valence-electron chi connectivity index (χ3n) is 2.88. The number of aryl methyl sites for hydroxylation is 1. The minimum absolute atomic E-state index is 0.0154. The Kier molecular flexibility index (Phi) is 3.69. The van der Waals surface area contributed by atoms with E-state index in [0.29, 0.717) is 0 Å². The van der Waals surface area contributed by atoms with Crippen molar-refractivity contribution in [1.82, 2.24) is 15.0 Å². The van der Waals surface area contributed by atoms with Gasteiger partial charge in [0.25, 0.3) is 0 Å². The molecule has 18 heavy (non-hydrogen) atoms. The second kappa shape index (κ2) is 5.24. The summed E-state index contributed by atoms with van der Waals surface area (Å²) in [7, 11) is 1.80. The summed E-state index contributed by atoms with van der Waals surface area (Å²) in [4.78, 5) is 3.96. The molecule has 6 heteroatoms. The number of nitrogens with zero attached hydrogens (tertiary/aromatic N) is 2. The Morgan fingerprint density at radius 1 is 1.39 bits per heavy atom. The second-order valence-electron chi connectivity index (χ2n) is 4.05. The topological polar surface area (TPSA) is 55.9 Å². The molecule has 2 aromatic rings. The number of nitrogens with one attached hydrogen (secondary N) is 1. The fraction of sp³-hybridized carbons (Fsp3) is 0.250. The molecule has 0 amide bonds. The number of hydrogen-bond donors (Lipinski definition) is 2. The summed E-state index contributed by atoms with van der Waals surface area (Å²) in [6.07, 6.45) is 3.34. The molecule has 0 spiro atoms. The van der Waals surface area contributed by atoms with Crippen LogP contribution in [0.1, 0.15) is 17.3 Å². The zero-order valence-corrected chi connectivity index (χ0v) is 9.90. The molecule has 0 aliphatic rings. The SMILES string of the molecule is Cn1cncc1C(Cc1c(F)cccc1F)NN. The summed E-state index contributed by atoms with van der Waals surface area (Å²) >= 11 is 0. The van der Waals surface area contributed by atoms with Crippen molar-refractivity contribution in [2.24, 2.45) is 12.9 Å². The molecule has 0 bridgehead atoms. The van der Waals surface area contributed by atoms with Crippen molar-refractivity contribution in [3.05, 3.63) is 53.6 Å². The molecule has 4 nitrogen and oxygen atoms in total. The van der Waals surface area contributed by atoms with Gasteiger partial charge in [-0.15, -0.1) is 0 Å². The number of hydrazine groups is 1. The van der Waals surface area contributed by atoms with E-state index in [1.54, 1.807) is 24.1 Å². The van der Waals surface area contributed by atoms with Gasteiger partial charge in [0.15, 0.2) is 0 Å². The van der Waals surface area contributed by atoms with Crippen molar-refractivity contribution >= 4 is 0 Å². The van der Waals surface area contributed by atoms with Gasteiger partial charge in [0.1, 0.15) is 11.6 Å². The lowest BCUT2D eigenvalue weighted by Crippen LogP contribution is -2.31. The lowest BCUT2D eigenvalue weighted by atomic mass is 10.0. The van der Waals surface area contributed by atoms with Crippen LogP contribution in [-0.4, -0.2) is 9.55 Å². The highest BCUT2D eigenvalue weighted by molar-refractivity contribution is 5.22. The van der Waals surface area contributed by atoms with E-state index >= 15 is 0 Å². The third kappa shape index (κ3) is 2.39. The summed E-state index contributed by atoms with van der Waals surface area (Å²) in [6, 6.07) is 3.40. The number of benzene rings is 1. The van der Waals surface area contributed by atoms with Gasteiger partial charge in [0.2, 0.25) is 0 Å². The maximum atomic E-state index is 13.6. The highest BCUT2D eigenvalue weighted by Gasteiger charge is 2.18. The average Bonchev–Trinajstić information content (AvgIpc) is 2.76. The Bertz CT molecular complexity index is 518. The van der Waals surface area contributed by atoms with Crippen LogP contribution in [0.25, 0.3) is 0 Å². The van der Waals surface area contributed by atoms with Gasteiger partial charge in [-0.2, -0.15) is 0 Å². The van der Waals surface area contributed by atoms with Gasteiger partial charge in [-0.25, -0.2) is 13.8 Å². The van der Waals surface area contributed by atoms with Crippen molar-refractivity contribution < 1.29 is 8.78 Å². The molecule has 0 saturated heterocycles. The monoisotopic (exact) mass is 252 g/mol. The van der Waals surface area contributed by atoms with E-state index in [2.05, 4.69) is 10.4 Å². The molecule has 0 saturated carbocycles. The largest absolute Gasteiger partial charge is 0.336 e.